The first-order valence-electron chi connectivity index (χ1n) is 7.18. The molecule has 20 heavy (non-hydrogen) atoms. The third kappa shape index (κ3) is 2.69. The predicted molar refractivity (Wildman–Crippen MR) is 84.7 cm³/mol. The summed E-state index contributed by atoms with van der Waals surface area (Å²) < 4.78 is 19.3. The van der Waals surface area contributed by atoms with Crippen molar-refractivity contribution in [2.24, 2.45) is 0 Å². The molecule has 0 radical (unpaired) electrons. The van der Waals surface area contributed by atoms with Crippen molar-refractivity contribution in [1.29, 1.82) is 0 Å². The van der Waals surface area contributed by atoms with Gasteiger partial charge in [0.25, 0.3) is 0 Å². The third-order valence-electron chi connectivity index (χ3n) is 4.32. The number of rotatable bonds is 4. The molecule has 5 heteroatoms. The van der Waals surface area contributed by atoms with E-state index in [2.05, 4.69) is 53.0 Å². The molecule has 0 spiro atoms. The van der Waals surface area contributed by atoms with Gasteiger partial charge in [0, 0.05) is 11.4 Å². The zero-order valence-electron chi connectivity index (χ0n) is 13.6. The Balaban J connectivity index is 2.31. The first-order chi connectivity index (χ1) is 9.11. The highest BCUT2D eigenvalue weighted by atomic mass is 32.1. The Bertz CT molecular complexity index is 463. The summed E-state index contributed by atoms with van der Waals surface area (Å²) in [6, 6.07) is 2.11. The molecule has 112 valence electrons. The van der Waals surface area contributed by atoms with Gasteiger partial charge in [0.2, 0.25) is 0 Å². The number of thiophene rings is 1. The quantitative estimate of drug-likeness (QED) is 0.798. The average Bonchev–Trinajstić information content (AvgIpc) is 2.82. The zero-order valence-corrected chi connectivity index (χ0v) is 14.4. The molecule has 1 fully saturated rings. The number of ether oxygens (including phenoxy) is 1. The van der Waals surface area contributed by atoms with Crippen molar-refractivity contribution < 1.29 is 14.0 Å². The summed E-state index contributed by atoms with van der Waals surface area (Å²) in [6.45, 7) is 15.2. The van der Waals surface area contributed by atoms with Crippen LogP contribution in [-0.4, -0.2) is 24.9 Å². The Morgan fingerprint density at radius 2 is 1.75 bits per heavy atom. The molecule has 2 heterocycles. The van der Waals surface area contributed by atoms with Gasteiger partial charge in [0.15, 0.2) is 0 Å². The maximum atomic E-state index is 6.16. The van der Waals surface area contributed by atoms with E-state index >= 15 is 0 Å². The van der Waals surface area contributed by atoms with Gasteiger partial charge >= 0.3 is 7.12 Å². The molecule has 0 saturated carbocycles. The summed E-state index contributed by atoms with van der Waals surface area (Å²) in [6.07, 6.45) is 0. The summed E-state index contributed by atoms with van der Waals surface area (Å²) in [4.78, 5) is 0. The van der Waals surface area contributed by atoms with E-state index in [1.165, 1.54) is 0 Å². The predicted octanol–water partition coefficient (Wildman–Crippen LogP) is 3.32. The van der Waals surface area contributed by atoms with Crippen molar-refractivity contribution in [3.05, 3.63) is 17.0 Å². The van der Waals surface area contributed by atoms with E-state index in [0.717, 1.165) is 10.3 Å². The van der Waals surface area contributed by atoms with Gasteiger partial charge in [-0.05, 0) is 65.5 Å². The number of hydrogen-bond acceptors (Lipinski definition) is 4. The molecule has 1 aliphatic heterocycles. The van der Waals surface area contributed by atoms with E-state index in [-0.39, 0.29) is 23.9 Å². The average molecular weight is 296 g/mol. The van der Waals surface area contributed by atoms with E-state index in [4.69, 9.17) is 14.0 Å². The van der Waals surface area contributed by atoms with Crippen LogP contribution in [0.2, 0.25) is 0 Å². The van der Waals surface area contributed by atoms with Crippen LogP contribution < -0.4 is 4.78 Å². The summed E-state index contributed by atoms with van der Waals surface area (Å²) in [5.74, 6) is 0. The molecule has 0 amide bonds. The molecule has 3 nitrogen and oxygen atoms in total. The van der Waals surface area contributed by atoms with Gasteiger partial charge in [-0.15, -0.1) is 0 Å². The Morgan fingerprint density at radius 3 is 2.25 bits per heavy atom. The second-order valence-corrected chi connectivity index (χ2v) is 7.68. The minimum Gasteiger partial charge on any atom is -0.399 e. The standard InChI is InChI=1S/C15H25BO3S/c1-8-17-13(2,3)11-9-10-20-12(11)16-18-14(4,5)15(6,7)19-16/h9-10H,8H2,1-7H3. The lowest BCUT2D eigenvalue weighted by atomic mass is 9.80. The van der Waals surface area contributed by atoms with Gasteiger partial charge in [-0.2, -0.15) is 11.3 Å². The smallest absolute Gasteiger partial charge is 0.399 e. The molecule has 0 aromatic carbocycles. The SMILES string of the molecule is CCOC(C)(C)c1ccsc1B1OC(C)(C)C(C)(C)O1. The van der Waals surface area contributed by atoms with Crippen LogP contribution in [-0.2, 0) is 19.6 Å². The lowest BCUT2D eigenvalue weighted by Crippen LogP contribution is -2.41. The van der Waals surface area contributed by atoms with Crippen molar-refractivity contribution in [2.75, 3.05) is 6.61 Å². The van der Waals surface area contributed by atoms with Crippen LogP contribution in [0.25, 0.3) is 0 Å². The van der Waals surface area contributed by atoms with Gasteiger partial charge in [0.05, 0.1) is 16.8 Å². The summed E-state index contributed by atoms with van der Waals surface area (Å²) >= 11 is 1.67. The first-order valence-corrected chi connectivity index (χ1v) is 8.06. The Labute approximate surface area is 126 Å². The van der Waals surface area contributed by atoms with Gasteiger partial charge in [-0.1, -0.05) is 0 Å². The maximum Gasteiger partial charge on any atom is 0.505 e. The van der Waals surface area contributed by atoms with Crippen LogP contribution in [0.4, 0.5) is 0 Å². The fourth-order valence-corrected chi connectivity index (χ4v) is 3.39. The van der Waals surface area contributed by atoms with Crippen molar-refractivity contribution in [3.8, 4) is 0 Å². The molecule has 1 aromatic heterocycles. The summed E-state index contributed by atoms with van der Waals surface area (Å²) in [5, 5.41) is 2.08. The molecular formula is C15H25BO3S. The molecule has 0 aliphatic carbocycles. The Morgan fingerprint density at radius 1 is 1.20 bits per heavy atom. The van der Waals surface area contributed by atoms with Crippen LogP contribution in [0, 0.1) is 0 Å². The molecule has 1 aromatic rings. The van der Waals surface area contributed by atoms with E-state index in [0.29, 0.717) is 6.61 Å². The topological polar surface area (TPSA) is 27.7 Å². The van der Waals surface area contributed by atoms with Crippen molar-refractivity contribution >= 4 is 23.2 Å². The monoisotopic (exact) mass is 296 g/mol. The van der Waals surface area contributed by atoms with Crippen LogP contribution in [0.3, 0.4) is 0 Å². The van der Waals surface area contributed by atoms with Gasteiger partial charge in [-0.25, -0.2) is 0 Å². The zero-order chi connectivity index (χ0) is 15.2. The van der Waals surface area contributed by atoms with Crippen LogP contribution in [0.15, 0.2) is 11.4 Å². The molecular weight excluding hydrogens is 271 g/mol. The molecule has 0 N–H and O–H groups in total. The van der Waals surface area contributed by atoms with E-state index in [1.54, 1.807) is 11.3 Å². The second-order valence-electron chi connectivity index (χ2n) is 6.73. The van der Waals surface area contributed by atoms with Crippen LogP contribution >= 0.6 is 11.3 Å². The lowest BCUT2D eigenvalue weighted by molar-refractivity contribution is -0.0132. The minimum absolute atomic E-state index is 0.310. The Hall–Kier alpha value is -0.355. The fourth-order valence-electron chi connectivity index (χ4n) is 2.39. The van der Waals surface area contributed by atoms with Crippen molar-refractivity contribution in [2.45, 2.75) is 65.3 Å². The van der Waals surface area contributed by atoms with E-state index < -0.39 is 0 Å². The fraction of sp³-hybridized carbons (Fsp3) is 0.733. The van der Waals surface area contributed by atoms with Crippen LogP contribution in [0.5, 0.6) is 0 Å². The van der Waals surface area contributed by atoms with Gasteiger partial charge in [0.1, 0.15) is 0 Å². The lowest BCUT2D eigenvalue weighted by Gasteiger charge is -2.32. The van der Waals surface area contributed by atoms with Gasteiger partial charge < -0.3 is 14.0 Å². The normalized spacial score (nSPS) is 21.4. The number of hydrogen-bond donors (Lipinski definition) is 0. The molecule has 1 aliphatic rings. The molecule has 0 unspecified atom stereocenters. The van der Waals surface area contributed by atoms with E-state index in [1.807, 2.05) is 6.92 Å². The minimum atomic E-state index is -0.326. The molecule has 0 bridgehead atoms. The summed E-state index contributed by atoms with van der Waals surface area (Å²) in [7, 11) is -0.310. The van der Waals surface area contributed by atoms with Crippen molar-refractivity contribution in [3.63, 3.8) is 0 Å². The molecule has 1 saturated heterocycles. The van der Waals surface area contributed by atoms with Gasteiger partial charge in [-0.3, -0.25) is 0 Å². The molecule has 0 atom stereocenters. The van der Waals surface area contributed by atoms with Crippen LogP contribution in [0.1, 0.15) is 54.0 Å². The highest BCUT2D eigenvalue weighted by molar-refractivity contribution is 7.21. The third-order valence-corrected chi connectivity index (χ3v) is 5.25. The highest BCUT2D eigenvalue weighted by Crippen LogP contribution is 2.38. The highest BCUT2D eigenvalue weighted by Gasteiger charge is 2.53. The second kappa shape index (κ2) is 5.13. The first kappa shape index (κ1) is 16.0. The summed E-state index contributed by atoms with van der Waals surface area (Å²) in [5.41, 5.74) is 0.208. The Kier molecular flexibility index (Phi) is 4.11. The maximum absolute atomic E-state index is 6.16. The molecule has 2 rings (SSSR count). The largest absolute Gasteiger partial charge is 0.505 e. The van der Waals surface area contributed by atoms with E-state index in [9.17, 15) is 0 Å². The van der Waals surface area contributed by atoms with Crippen molar-refractivity contribution in [1.82, 2.24) is 0 Å².